The van der Waals surface area contributed by atoms with Crippen molar-refractivity contribution in [1.82, 2.24) is 9.88 Å². The number of pyridine rings is 1. The van der Waals surface area contributed by atoms with Gasteiger partial charge in [0.05, 0.1) is 32.0 Å². The molecule has 2 saturated heterocycles. The minimum atomic E-state index is 0.00507. The van der Waals surface area contributed by atoms with Gasteiger partial charge in [0.25, 0.3) is 0 Å². The monoisotopic (exact) mass is 292 g/mol. The summed E-state index contributed by atoms with van der Waals surface area (Å²) in [5.41, 5.74) is 1.04. The molecule has 0 radical (unpaired) electrons. The van der Waals surface area contributed by atoms with Gasteiger partial charge in [0.1, 0.15) is 6.61 Å². The number of hydrogen-bond donors (Lipinski definition) is 0. The SMILES string of the molecule is COCC(=O)N1C[C@H](OCc2cccnc2)[C@H]2COC[C@H]21. The summed E-state index contributed by atoms with van der Waals surface area (Å²) in [6.45, 7) is 2.47. The van der Waals surface area contributed by atoms with Crippen molar-refractivity contribution in [2.75, 3.05) is 33.5 Å². The number of ether oxygens (including phenoxy) is 3. The fourth-order valence-electron chi connectivity index (χ4n) is 3.06. The smallest absolute Gasteiger partial charge is 0.248 e. The van der Waals surface area contributed by atoms with E-state index in [4.69, 9.17) is 14.2 Å². The molecule has 3 atom stereocenters. The summed E-state index contributed by atoms with van der Waals surface area (Å²) in [5.74, 6) is 0.257. The van der Waals surface area contributed by atoms with Gasteiger partial charge in [-0.1, -0.05) is 6.07 Å². The van der Waals surface area contributed by atoms with Crippen molar-refractivity contribution in [2.24, 2.45) is 5.92 Å². The summed E-state index contributed by atoms with van der Waals surface area (Å²) in [6, 6.07) is 3.99. The number of carbonyl (C=O) groups excluding carboxylic acids is 1. The number of hydrogen-bond acceptors (Lipinski definition) is 5. The van der Waals surface area contributed by atoms with Crippen LogP contribution >= 0.6 is 0 Å². The molecule has 0 N–H and O–H groups in total. The molecule has 1 amide bonds. The molecule has 2 aliphatic rings. The first-order chi connectivity index (χ1) is 10.3. The van der Waals surface area contributed by atoms with Crippen molar-refractivity contribution in [2.45, 2.75) is 18.8 Å². The second-order valence-corrected chi connectivity index (χ2v) is 5.46. The third-order valence-corrected chi connectivity index (χ3v) is 4.12. The topological polar surface area (TPSA) is 60.9 Å². The van der Waals surface area contributed by atoms with Crippen LogP contribution in [0, 0.1) is 5.92 Å². The zero-order valence-corrected chi connectivity index (χ0v) is 12.1. The molecule has 21 heavy (non-hydrogen) atoms. The highest BCUT2D eigenvalue weighted by Gasteiger charge is 2.47. The Bertz CT molecular complexity index is 482. The number of fused-ring (bicyclic) bond motifs is 1. The van der Waals surface area contributed by atoms with E-state index < -0.39 is 0 Å². The molecule has 0 unspecified atom stereocenters. The zero-order valence-electron chi connectivity index (χ0n) is 12.1. The van der Waals surface area contributed by atoms with Gasteiger partial charge in [0.15, 0.2) is 0 Å². The second kappa shape index (κ2) is 6.51. The highest BCUT2D eigenvalue weighted by Crippen LogP contribution is 2.32. The number of carbonyl (C=O) groups is 1. The van der Waals surface area contributed by atoms with E-state index in [9.17, 15) is 4.79 Å². The van der Waals surface area contributed by atoms with Crippen molar-refractivity contribution in [3.8, 4) is 0 Å². The highest BCUT2D eigenvalue weighted by atomic mass is 16.5. The van der Waals surface area contributed by atoms with Crippen LogP contribution in [0.2, 0.25) is 0 Å². The van der Waals surface area contributed by atoms with Gasteiger partial charge in [-0.2, -0.15) is 0 Å². The molecule has 0 saturated carbocycles. The van der Waals surface area contributed by atoms with Gasteiger partial charge < -0.3 is 19.1 Å². The maximum atomic E-state index is 12.1. The Morgan fingerprint density at radius 1 is 1.52 bits per heavy atom. The molecule has 0 spiro atoms. The van der Waals surface area contributed by atoms with Crippen molar-refractivity contribution in [3.63, 3.8) is 0 Å². The first-order valence-corrected chi connectivity index (χ1v) is 7.16. The van der Waals surface area contributed by atoms with Crippen molar-refractivity contribution in [3.05, 3.63) is 30.1 Å². The summed E-state index contributed by atoms with van der Waals surface area (Å²) in [7, 11) is 1.53. The van der Waals surface area contributed by atoms with Crippen LogP contribution in [0.15, 0.2) is 24.5 Å². The van der Waals surface area contributed by atoms with Gasteiger partial charge in [-0.05, 0) is 11.6 Å². The van der Waals surface area contributed by atoms with E-state index in [2.05, 4.69) is 4.98 Å². The lowest BCUT2D eigenvalue weighted by Crippen LogP contribution is -2.40. The number of likely N-dealkylation sites (tertiary alicyclic amines) is 1. The molecular formula is C15H20N2O4. The molecule has 6 nitrogen and oxygen atoms in total. The van der Waals surface area contributed by atoms with E-state index in [-0.39, 0.29) is 30.6 Å². The van der Waals surface area contributed by atoms with E-state index >= 15 is 0 Å². The Balaban J connectivity index is 1.62. The Morgan fingerprint density at radius 2 is 2.43 bits per heavy atom. The molecule has 3 rings (SSSR count). The summed E-state index contributed by atoms with van der Waals surface area (Å²) in [4.78, 5) is 18.0. The summed E-state index contributed by atoms with van der Waals surface area (Å²) in [5, 5.41) is 0. The largest absolute Gasteiger partial charge is 0.379 e. The van der Waals surface area contributed by atoms with Crippen LogP contribution in [0.3, 0.4) is 0 Å². The van der Waals surface area contributed by atoms with Gasteiger partial charge in [0, 0.05) is 32.0 Å². The standard InChI is InChI=1S/C15H20N2O4/c1-19-10-15(18)17-6-14(12-8-20-9-13(12)17)21-7-11-3-2-4-16-5-11/h2-5,12-14H,6-10H2,1H3/t12-,13+,14-/m0/s1. The van der Waals surface area contributed by atoms with E-state index in [0.717, 1.165) is 5.56 Å². The van der Waals surface area contributed by atoms with Gasteiger partial charge >= 0.3 is 0 Å². The van der Waals surface area contributed by atoms with Crippen LogP contribution in [0.4, 0.5) is 0 Å². The number of amides is 1. The van der Waals surface area contributed by atoms with Gasteiger partial charge in [-0.3, -0.25) is 9.78 Å². The minimum Gasteiger partial charge on any atom is -0.379 e. The molecule has 0 aliphatic carbocycles. The molecule has 1 aromatic rings. The maximum absolute atomic E-state index is 12.1. The predicted octanol–water partition coefficient (Wildman–Crippen LogP) is 0.470. The second-order valence-electron chi connectivity index (χ2n) is 5.46. The van der Waals surface area contributed by atoms with Crippen LogP contribution in [-0.4, -0.2) is 61.4 Å². The first-order valence-electron chi connectivity index (χ1n) is 7.16. The van der Waals surface area contributed by atoms with E-state index in [0.29, 0.717) is 26.4 Å². The van der Waals surface area contributed by atoms with E-state index in [1.54, 1.807) is 12.4 Å². The summed E-state index contributed by atoms with van der Waals surface area (Å²) < 4.78 is 16.5. The molecule has 0 bridgehead atoms. The molecular weight excluding hydrogens is 272 g/mol. The third kappa shape index (κ3) is 3.07. The average Bonchev–Trinajstić information content (AvgIpc) is 3.09. The van der Waals surface area contributed by atoms with Gasteiger partial charge in [0.2, 0.25) is 5.91 Å². The Morgan fingerprint density at radius 3 is 3.19 bits per heavy atom. The number of nitrogens with zero attached hydrogens (tertiary/aromatic N) is 2. The molecule has 2 aliphatic heterocycles. The van der Waals surface area contributed by atoms with Crippen molar-refractivity contribution in [1.29, 1.82) is 0 Å². The molecule has 2 fully saturated rings. The first kappa shape index (κ1) is 14.4. The van der Waals surface area contributed by atoms with Crippen LogP contribution < -0.4 is 0 Å². The quantitative estimate of drug-likeness (QED) is 0.789. The predicted molar refractivity (Wildman–Crippen MR) is 74.5 cm³/mol. The number of aromatic nitrogens is 1. The highest BCUT2D eigenvalue weighted by molar-refractivity contribution is 5.78. The fraction of sp³-hybridized carbons (Fsp3) is 0.600. The average molecular weight is 292 g/mol. The van der Waals surface area contributed by atoms with Crippen molar-refractivity contribution < 1.29 is 19.0 Å². The van der Waals surface area contributed by atoms with Crippen LogP contribution in [0.25, 0.3) is 0 Å². The lowest BCUT2D eigenvalue weighted by Gasteiger charge is -2.21. The van der Waals surface area contributed by atoms with Gasteiger partial charge in [-0.25, -0.2) is 0 Å². The molecule has 1 aromatic heterocycles. The zero-order chi connectivity index (χ0) is 14.7. The Hall–Kier alpha value is -1.50. The van der Waals surface area contributed by atoms with Gasteiger partial charge in [-0.15, -0.1) is 0 Å². The molecule has 114 valence electrons. The fourth-order valence-corrected chi connectivity index (χ4v) is 3.06. The Kier molecular flexibility index (Phi) is 4.48. The van der Waals surface area contributed by atoms with Crippen LogP contribution in [0.1, 0.15) is 5.56 Å². The lowest BCUT2D eigenvalue weighted by atomic mass is 10.0. The summed E-state index contributed by atoms with van der Waals surface area (Å²) in [6.07, 6.45) is 3.55. The minimum absolute atomic E-state index is 0.00507. The van der Waals surface area contributed by atoms with E-state index in [1.165, 1.54) is 7.11 Å². The van der Waals surface area contributed by atoms with Crippen LogP contribution in [0.5, 0.6) is 0 Å². The van der Waals surface area contributed by atoms with Crippen molar-refractivity contribution >= 4 is 5.91 Å². The van der Waals surface area contributed by atoms with Crippen LogP contribution in [-0.2, 0) is 25.6 Å². The molecule has 3 heterocycles. The van der Waals surface area contributed by atoms with E-state index in [1.807, 2.05) is 17.0 Å². The number of methoxy groups -OCH3 is 1. The third-order valence-electron chi connectivity index (χ3n) is 4.12. The lowest BCUT2D eigenvalue weighted by molar-refractivity contribution is -0.136. The molecule has 0 aromatic carbocycles. The normalized spacial score (nSPS) is 27.9. The summed E-state index contributed by atoms with van der Waals surface area (Å²) >= 11 is 0. The number of rotatable bonds is 5. The molecule has 6 heteroatoms. The Labute approximate surface area is 124 Å². The maximum Gasteiger partial charge on any atom is 0.248 e.